The number of hydrogen-bond donors (Lipinski definition) is 1. The number of aryl methyl sites for hydroxylation is 1. The number of rotatable bonds is 3. The summed E-state index contributed by atoms with van der Waals surface area (Å²) in [5, 5.41) is 7.76. The maximum atomic E-state index is 5.94. The van der Waals surface area contributed by atoms with Crippen molar-refractivity contribution in [3.63, 3.8) is 0 Å². The molecule has 2 rings (SSSR count). The van der Waals surface area contributed by atoms with Crippen LogP contribution in [0.4, 0.5) is 0 Å². The molecule has 1 aliphatic carbocycles. The third-order valence-electron chi connectivity index (χ3n) is 2.98. The van der Waals surface area contributed by atoms with Crippen molar-refractivity contribution >= 4 is 5.84 Å². The lowest BCUT2D eigenvalue weighted by atomic mass is 10.1. The Morgan fingerprint density at radius 3 is 2.93 bits per heavy atom. The van der Waals surface area contributed by atoms with Crippen molar-refractivity contribution in [1.82, 2.24) is 14.8 Å². The van der Waals surface area contributed by atoms with Gasteiger partial charge in [0.25, 0.3) is 0 Å². The first-order chi connectivity index (χ1) is 7.27. The Kier molecular flexibility index (Phi) is 2.99. The molecule has 0 aromatic carbocycles. The third kappa shape index (κ3) is 2.34. The van der Waals surface area contributed by atoms with Crippen molar-refractivity contribution in [3.8, 4) is 0 Å². The predicted octanol–water partition coefficient (Wildman–Crippen LogP) is 0.862. The number of hydrogen-bond acceptors (Lipinski definition) is 3. The smallest absolute Gasteiger partial charge is 0.154 e. The molecule has 2 N–H and O–H groups in total. The van der Waals surface area contributed by atoms with Gasteiger partial charge in [0.05, 0.1) is 5.84 Å². The van der Waals surface area contributed by atoms with Crippen molar-refractivity contribution in [3.05, 3.63) is 12.2 Å². The van der Waals surface area contributed by atoms with E-state index in [1.807, 2.05) is 11.6 Å². The van der Waals surface area contributed by atoms with Gasteiger partial charge in [-0.1, -0.05) is 12.8 Å². The zero-order chi connectivity index (χ0) is 10.7. The summed E-state index contributed by atoms with van der Waals surface area (Å²) in [5.74, 6) is 2.14. The second kappa shape index (κ2) is 4.42. The molecule has 1 aliphatic rings. The summed E-state index contributed by atoms with van der Waals surface area (Å²) >= 11 is 0. The molecule has 1 aromatic heterocycles. The van der Waals surface area contributed by atoms with Crippen LogP contribution >= 0.6 is 0 Å². The number of nitrogens with two attached hydrogens (primary N) is 1. The molecular weight excluding hydrogens is 190 g/mol. The fraction of sp³-hybridized carbons (Fsp3) is 0.700. The Morgan fingerprint density at radius 1 is 1.60 bits per heavy atom. The Bertz CT molecular complexity index is 348. The quantitative estimate of drug-likeness (QED) is 0.590. The molecule has 0 radical (unpaired) electrons. The Morgan fingerprint density at radius 2 is 2.33 bits per heavy atom. The number of aliphatic imine (C=N–C) groups is 1. The molecule has 5 heteroatoms. The van der Waals surface area contributed by atoms with Gasteiger partial charge in [-0.15, -0.1) is 10.2 Å². The van der Waals surface area contributed by atoms with Crippen molar-refractivity contribution in [2.24, 2.45) is 23.7 Å². The molecule has 0 unspecified atom stereocenters. The summed E-state index contributed by atoms with van der Waals surface area (Å²) in [7, 11) is 1.91. The average molecular weight is 207 g/mol. The lowest BCUT2D eigenvalue weighted by Crippen LogP contribution is -2.21. The number of nitrogens with zero attached hydrogens (tertiary/aromatic N) is 4. The highest BCUT2D eigenvalue weighted by Gasteiger charge is 2.18. The SMILES string of the molecule is Cn1cnnc1CN=C(N)C1CCCC1. The Balaban J connectivity index is 1.95. The molecular formula is C10H17N5. The first-order valence-electron chi connectivity index (χ1n) is 5.40. The normalized spacial score (nSPS) is 18.6. The molecule has 1 fully saturated rings. The van der Waals surface area contributed by atoms with Crippen LogP contribution in [0, 0.1) is 5.92 Å². The first-order valence-corrected chi connectivity index (χ1v) is 5.40. The van der Waals surface area contributed by atoms with E-state index < -0.39 is 0 Å². The van der Waals surface area contributed by atoms with Crippen molar-refractivity contribution in [1.29, 1.82) is 0 Å². The first kappa shape index (κ1) is 10.1. The molecule has 1 heterocycles. The summed E-state index contributed by atoms with van der Waals surface area (Å²) in [4.78, 5) is 4.38. The van der Waals surface area contributed by atoms with Gasteiger partial charge in [0.2, 0.25) is 0 Å². The lowest BCUT2D eigenvalue weighted by Gasteiger charge is -2.07. The molecule has 15 heavy (non-hydrogen) atoms. The van der Waals surface area contributed by atoms with E-state index in [1.54, 1.807) is 6.33 Å². The largest absolute Gasteiger partial charge is 0.387 e. The van der Waals surface area contributed by atoms with Crippen LogP contribution < -0.4 is 5.73 Å². The van der Waals surface area contributed by atoms with Crippen LogP contribution in [-0.2, 0) is 13.6 Å². The van der Waals surface area contributed by atoms with Crippen LogP contribution in [0.1, 0.15) is 31.5 Å². The van der Waals surface area contributed by atoms with E-state index in [2.05, 4.69) is 15.2 Å². The minimum absolute atomic E-state index is 0.498. The maximum absolute atomic E-state index is 5.94. The number of aromatic nitrogens is 3. The van der Waals surface area contributed by atoms with Crippen molar-refractivity contribution in [2.75, 3.05) is 0 Å². The predicted molar refractivity (Wildman–Crippen MR) is 58.3 cm³/mol. The zero-order valence-electron chi connectivity index (χ0n) is 9.06. The minimum atomic E-state index is 0.498. The Labute approximate surface area is 89.4 Å². The molecule has 0 aliphatic heterocycles. The van der Waals surface area contributed by atoms with Crippen molar-refractivity contribution < 1.29 is 0 Å². The molecule has 0 atom stereocenters. The highest BCUT2D eigenvalue weighted by molar-refractivity contribution is 5.82. The summed E-state index contributed by atoms with van der Waals surface area (Å²) in [5.41, 5.74) is 5.94. The van der Waals surface area contributed by atoms with Gasteiger partial charge in [-0.05, 0) is 12.8 Å². The van der Waals surface area contributed by atoms with E-state index in [0.717, 1.165) is 11.7 Å². The van der Waals surface area contributed by atoms with Gasteiger partial charge in [0.15, 0.2) is 5.82 Å². The van der Waals surface area contributed by atoms with E-state index in [4.69, 9.17) is 5.73 Å². The average Bonchev–Trinajstić information content (AvgIpc) is 2.85. The summed E-state index contributed by atoms with van der Waals surface area (Å²) in [6, 6.07) is 0. The molecule has 82 valence electrons. The molecule has 0 saturated heterocycles. The highest BCUT2D eigenvalue weighted by atomic mass is 15.3. The summed E-state index contributed by atoms with van der Waals surface area (Å²) in [6.07, 6.45) is 6.62. The highest BCUT2D eigenvalue weighted by Crippen LogP contribution is 2.24. The van der Waals surface area contributed by atoms with Gasteiger partial charge in [-0.3, -0.25) is 4.99 Å². The Hall–Kier alpha value is -1.39. The van der Waals surface area contributed by atoms with Crippen LogP contribution in [0.15, 0.2) is 11.3 Å². The summed E-state index contributed by atoms with van der Waals surface area (Å²) < 4.78 is 1.87. The van der Waals surface area contributed by atoms with Gasteiger partial charge in [0, 0.05) is 13.0 Å². The van der Waals surface area contributed by atoms with E-state index in [-0.39, 0.29) is 0 Å². The second-order valence-corrected chi connectivity index (χ2v) is 4.08. The molecule has 0 amide bonds. The third-order valence-corrected chi connectivity index (χ3v) is 2.98. The monoisotopic (exact) mass is 207 g/mol. The van der Waals surface area contributed by atoms with Gasteiger partial charge in [-0.25, -0.2) is 0 Å². The van der Waals surface area contributed by atoms with E-state index >= 15 is 0 Å². The van der Waals surface area contributed by atoms with Crippen LogP contribution in [-0.4, -0.2) is 20.6 Å². The summed E-state index contributed by atoms with van der Waals surface area (Å²) in [6.45, 7) is 0.541. The van der Waals surface area contributed by atoms with Crippen LogP contribution in [0.2, 0.25) is 0 Å². The van der Waals surface area contributed by atoms with E-state index in [9.17, 15) is 0 Å². The van der Waals surface area contributed by atoms with Crippen LogP contribution in [0.5, 0.6) is 0 Å². The van der Waals surface area contributed by atoms with Gasteiger partial charge < -0.3 is 10.3 Å². The molecule has 1 aromatic rings. The van der Waals surface area contributed by atoms with Crippen molar-refractivity contribution in [2.45, 2.75) is 32.2 Å². The molecule has 1 saturated carbocycles. The number of amidine groups is 1. The maximum Gasteiger partial charge on any atom is 0.154 e. The zero-order valence-corrected chi connectivity index (χ0v) is 9.06. The van der Waals surface area contributed by atoms with E-state index in [0.29, 0.717) is 12.5 Å². The fourth-order valence-corrected chi connectivity index (χ4v) is 1.96. The lowest BCUT2D eigenvalue weighted by molar-refractivity contribution is 0.708. The van der Waals surface area contributed by atoms with Gasteiger partial charge >= 0.3 is 0 Å². The fourth-order valence-electron chi connectivity index (χ4n) is 1.96. The molecule has 0 spiro atoms. The van der Waals surface area contributed by atoms with Crippen LogP contribution in [0.3, 0.4) is 0 Å². The van der Waals surface area contributed by atoms with Gasteiger partial charge in [0.1, 0.15) is 12.9 Å². The van der Waals surface area contributed by atoms with E-state index in [1.165, 1.54) is 25.7 Å². The topological polar surface area (TPSA) is 69.1 Å². The second-order valence-electron chi connectivity index (χ2n) is 4.08. The van der Waals surface area contributed by atoms with Gasteiger partial charge in [-0.2, -0.15) is 0 Å². The van der Waals surface area contributed by atoms with Crippen LogP contribution in [0.25, 0.3) is 0 Å². The molecule has 5 nitrogen and oxygen atoms in total. The standard InChI is InChI=1S/C10H17N5/c1-15-7-13-14-9(15)6-12-10(11)8-4-2-3-5-8/h7-8H,2-6H2,1H3,(H2,11,12). The molecule has 0 bridgehead atoms. The minimum Gasteiger partial charge on any atom is -0.387 e.